The molecule has 0 fully saturated rings. The zero-order valence-corrected chi connectivity index (χ0v) is 22.8. The van der Waals surface area contributed by atoms with Crippen LogP contribution in [0.5, 0.6) is 0 Å². The van der Waals surface area contributed by atoms with Gasteiger partial charge in [-0.25, -0.2) is 4.79 Å². The Hall–Kier alpha value is -3.84. The Labute approximate surface area is 227 Å². The van der Waals surface area contributed by atoms with E-state index in [0.717, 1.165) is 43.4 Å². The smallest absolute Gasteiger partial charge is 0.346 e. The summed E-state index contributed by atoms with van der Waals surface area (Å²) in [5.41, 5.74) is 7.79. The molecule has 1 unspecified atom stereocenters. The highest BCUT2D eigenvalue weighted by Gasteiger charge is 2.33. The molecule has 1 heterocycles. The molecule has 1 atom stereocenters. The maximum Gasteiger partial charge on any atom is 0.346 e. The highest BCUT2D eigenvalue weighted by Crippen LogP contribution is 2.44. The molecule has 1 aliphatic heterocycles. The van der Waals surface area contributed by atoms with Crippen LogP contribution in [0.4, 0.5) is 11.4 Å². The number of allylic oxidation sites excluding steroid dienone is 6. The van der Waals surface area contributed by atoms with Crippen molar-refractivity contribution in [3.8, 4) is 6.07 Å². The van der Waals surface area contributed by atoms with Crippen molar-refractivity contribution in [2.75, 3.05) is 11.4 Å². The number of aliphatic carboxylic acids is 1. The maximum absolute atomic E-state index is 11.4. The van der Waals surface area contributed by atoms with Crippen molar-refractivity contribution in [3.63, 3.8) is 0 Å². The minimum Gasteiger partial charge on any atom is -0.477 e. The normalized spacial score (nSPS) is 20.8. The Morgan fingerprint density at radius 1 is 1.16 bits per heavy atom. The lowest BCUT2D eigenvalue weighted by molar-refractivity contribution is -0.132. The molecule has 4 nitrogen and oxygen atoms in total. The minimum atomic E-state index is -1.15. The van der Waals surface area contributed by atoms with Gasteiger partial charge >= 0.3 is 5.97 Å². The Morgan fingerprint density at radius 3 is 2.63 bits per heavy atom. The van der Waals surface area contributed by atoms with Crippen LogP contribution in [-0.4, -0.2) is 17.6 Å². The number of carboxylic acid groups (broad SMARTS) is 1. The van der Waals surface area contributed by atoms with Crippen molar-refractivity contribution in [3.05, 3.63) is 100 Å². The first-order chi connectivity index (χ1) is 18.4. The molecule has 0 bridgehead atoms. The standard InChI is InChI=1S/C34H38N2O2/c1-4-6-8-25-13-16-29(17-14-25)36-21-20-34(3,19-5-2)31-23-27(15-18-32(31)36)12-11-26-9-7-10-28(22-26)30(24-35)33(37)38/h5,11-19,22-23H,4,6-10,20-21H2,1-3H3,(H,37,38)/b12-11+,19-5+,30-28+. The predicted molar refractivity (Wildman–Crippen MR) is 157 cm³/mol. The van der Waals surface area contributed by atoms with Gasteiger partial charge in [0.2, 0.25) is 0 Å². The lowest BCUT2D eigenvalue weighted by Gasteiger charge is -2.41. The summed E-state index contributed by atoms with van der Waals surface area (Å²) in [6.45, 7) is 7.60. The lowest BCUT2D eigenvalue weighted by atomic mass is 9.75. The van der Waals surface area contributed by atoms with Crippen molar-refractivity contribution in [2.24, 2.45) is 0 Å². The number of carboxylic acids is 1. The first-order valence-corrected chi connectivity index (χ1v) is 13.8. The number of nitriles is 1. The molecule has 2 aromatic rings. The maximum atomic E-state index is 11.4. The molecule has 2 aromatic carbocycles. The van der Waals surface area contributed by atoms with Crippen molar-refractivity contribution in [1.29, 1.82) is 5.26 Å². The lowest BCUT2D eigenvalue weighted by Crippen LogP contribution is -2.35. The summed E-state index contributed by atoms with van der Waals surface area (Å²) >= 11 is 0. The molecule has 4 rings (SSSR count). The number of benzene rings is 2. The Morgan fingerprint density at radius 2 is 1.95 bits per heavy atom. The minimum absolute atomic E-state index is 0.0469. The second-order valence-electron chi connectivity index (χ2n) is 10.6. The number of anilines is 2. The van der Waals surface area contributed by atoms with Gasteiger partial charge in [-0.05, 0) is 97.6 Å². The van der Waals surface area contributed by atoms with Gasteiger partial charge in [0.05, 0.1) is 0 Å². The largest absolute Gasteiger partial charge is 0.477 e. The molecule has 0 amide bonds. The van der Waals surface area contributed by atoms with Crippen molar-refractivity contribution in [2.45, 2.75) is 71.1 Å². The van der Waals surface area contributed by atoms with Crippen LogP contribution in [0, 0.1) is 11.3 Å². The summed E-state index contributed by atoms with van der Waals surface area (Å²) in [6.07, 6.45) is 17.5. The number of aryl methyl sites for hydroxylation is 1. The fourth-order valence-corrected chi connectivity index (χ4v) is 5.62. The van der Waals surface area contributed by atoms with Gasteiger partial charge in [0.15, 0.2) is 0 Å². The number of fused-ring (bicyclic) bond motifs is 1. The van der Waals surface area contributed by atoms with Gasteiger partial charge < -0.3 is 10.0 Å². The number of carbonyl (C=O) groups is 1. The third-order valence-electron chi connectivity index (χ3n) is 7.79. The molecule has 2 aliphatic rings. The first-order valence-electron chi connectivity index (χ1n) is 13.8. The second-order valence-corrected chi connectivity index (χ2v) is 10.6. The van der Waals surface area contributed by atoms with Crippen molar-refractivity contribution < 1.29 is 9.90 Å². The summed E-state index contributed by atoms with van der Waals surface area (Å²) in [5, 5.41) is 18.6. The highest BCUT2D eigenvalue weighted by molar-refractivity contribution is 5.92. The SMILES string of the molecule is C/C=C/C1(C)CCN(c2ccc(CCCC)cc2)c2ccc(/C=C/C3=CC(=C(\C#N)C(=O)O)/CCC3)cc21. The topological polar surface area (TPSA) is 64.3 Å². The number of nitrogens with zero attached hydrogens (tertiary/aromatic N) is 2. The number of unbranched alkanes of at least 4 members (excludes halogenated alkanes) is 1. The molecule has 0 saturated carbocycles. The van der Waals surface area contributed by atoms with E-state index >= 15 is 0 Å². The number of hydrogen-bond donors (Lipinski definition) is 1. The van der Waals surface area contributed by atoms with Crippen LogP contribution in [0.2, 0.25) is 0 Å². The van der Waals surface area contributed by atoms with E-state index in [0.29, 0.717) is 12.0 Å². The van der Waals surface area contributed by atoms with Gasteiger partial charge in [0.25, 0.3) is 0 Å². The van der Waals surface area contributed by atoms with Crippen molar-refractivity contribution in [1.82, 2.24) is 0 Å². The van der Waals surface area contributed by atoms with Crippen LogP contribution < -0.4 is 4.90 Å². The van der Waals surface area contributed by atoms with Gasteiger partial charge in [-0.2, -0.15) is 5.26 Å². The molecule has 1 aliphatic carbocycles. The van der Waals surface area contributed by atoms with Crippen LogP contribution in [0.3, 0.4) is 0 Å². The molecule has 4 heteroatoms. The predicted octanol–water partition coefficient (Wildman–Crippen LogP) is 8.43. The number of hydrogen-bond acceptors (Lipinski definition) is 3. The Bertz CT molecular complexity index is 1340. The number of rotatable bonds is 8. The molecular weight excluding hydrogens is 468 g/mol. The van der Waals surface area contributed by atoms with Crippen LogP contribution >= 0.6 is 0 Å². The molecule has 0 spiro atoms. The van der Waals surface area contributed by atoms with E-state index in [2.05, 4.69) is 92.4 Å². The Balaban J connectivity index is 1.66. The fraction of sp³-hybridized carbons (Fsp3) is 0.353. The molecule has 1 N–H and O–H groups in total. The first kappa shape index (κ1) is 27.2. The van der Waals surface area contributed by atoms with Gasteiger partial charge in [0.1, 0.15) is 11.6 Å². The third-order valence-corrected chi connectivity index (χ3v) is 7.79. The van der Waals surface area contributed by atoms with E-state index in [1.165, 1.54) is 35.3 Å². The van der Waals surface area contributed by atoms with Crippen LogP contribution in [-0.2, 0) is 16.6 Å². The van der Waals surface area contributed by atoms with Gasteiger partial charge in [-0.15, -0.1) is 0 Å². The van der Waals surface area contributed by atoms with Crippen molar-refractivity contribution >= 4 is 23.4 Å². The summed E-state index contributed by atoms with van der Waals surface area (Å²) in [5.74, 6) is -1.15. The van der Waals surface area contributed by atoms with E-state index in [1.807, 2.05) is 12.1 Å². The van der Waals surface area contributed by atoms with Crippen LogP contribution in [0.1, 0.15) is 76.0 Å². The summed E-state index contributed by atoms with van der Waals surface area (Å²) in [7, 11) is 0. The molecule has 0 aromatic heterocycles. The second kappa shape index (κ2) is 12.1. The monoisotopic (exact) mass is 506 g/mol. The molecule has 0 radical (unpaired) electrons. The molecular formula is C34H38N2O2. The fourth-order valence-electron chi connectivity index (χ4n) is 5.62. The van der Waals surface area contributed by atoms with E-state index < -0.39 is 5.97 Å². The summed E-state index contributed by atoms with van der Waals surface area (Å²) < 4.78 is 0. The summed E-state index contributed by atoms with van der Waals surface area (Å²) in [4.78, 5) is 13.9. The van der Waals surface area contributed by atoms with E-state index in [1.54, 1.807) is 0 Å². The zero-order valence-electron chi connectivity index (χ0n) is 22.8. The quantitative estimate of drug-likeness (QED) is 0.222. The van der Waals surface area contributed by atoms with Crippen LogP contribution in [0.15, 0.2) is 83.5 Å². The van der Waals surface area contributed by atoms with Gasteiger partial charge in [-0.1, -0.05) is 68.8 Å². The molecule has 38 heavy (non-hydrogen) atoms. The average Bonchev–Trinajstić information content (AvgIpc) is 2.92. The third kappa shape index (κ3) is 6.00. The highest BCUT2D eigenvalue weighted by atomic mass is 16.4. The summed E-state index contributed by atoms with van der Waals surface area (Å²) in [6, 6.07) is 17.6. The zero-order chi connectivity index (χ0) is 27.1. The van der Waals surface area contributed by atoms with Crippen LogP contribution in [0.25, 0.3) is 6.08 Å². The molecule has 0 saturated heterocycles. The van der Waals surface area contributed by atoms with Gasteiger partial charge in [0, 0.05) is 23.3 Å². The van der Waals surface area contributed by atoms with E-state index in [9.17, 15) is 15.2 Å². The van der Waals surface area contributed by atoms with Gasteiger partial charge in [-0.3, -0.25) is 0 Å². The Kier molecular flexibility index (Phi) is 8.69. The van der Waals surface area contributed by atoms with E-state index in [-0.39, 0.29) is 11.0 Å². The van der Waals surface area contributed by atoms with E-state index in [4.69, 9.17) is 0 Å². The average molecular weight is 507 g/mol. The molecule has 196 valence electrons.